The van der Waals surface area contributed by atoms with Gasteiger partial charge in [-0.1, -0.05) is 23.8 Å². The van der Waals surface area contributed by atoms with E-state index in [1.807, 2.05) is 31.2 Å². The number of anilines is 1. The van der Waals surface area contributed by atoms with Gasteiger partial charge >= 0.3 is 11.8 Å². The van der Waals surface area contributed by atoms with E-state index in [1.165, 1.54) is 4.68 Å². The van der Waals surface area contributed by atoms with Gasteiger partial charge in [0.2, 0.25) is 0 Å². The number of halogens is 2. The third kappa shape index (κ3) is 4.69. The summed E-state index contributed by atoms with van der Waals surface area (Å²) in [6.07, 6.45) is -1.65. The number of hydrogen-bond donors (Lipinski definition) is 3. The summed E-state index contributed by atoms with van der Waals surface area (Å²) in [5.41, 5.74) is 1.79. The van der Waals surface area contributed by atoms with Crippen LogP contribution in [-0.2, 0) is 9.59 Å². The minimum absolute atomic E-state index is 0.275. The van der Waals surface area contributed by atoms with Gasteiger partial charge < -0.3 is 15.7 Å². The van der Waals surface area contributed by atoms with Crippen molar-refractivity contribution in [1.29, 1.82) is 0 Å². The first-order valence-electron chi connectivity index (χ1n) is 9.11. The van der Waals surface area contributed by atoms with Gasteiger partial charge in [0, 0.05) is 12.6 Å². The van der Waals surface area contributed by atoms with E-state index in [-0.39, 0.29) is 5.82 Å². The second-order valence-corrected chi connectivity index (χ2v) is 6.73. The van der Waals surface area contributed by atoms with Gasteiger partial charge in [-0.25, -0.2) is 13.5 Å². The Bertz CT molecular complexity index is 1060. The van der Waals surface area contributed by atoms with E-state index in [0.717, 1.165) is 23.8 Å². The molecule has 0 fully saturated rings. The zero-order valence-electron chi connectivity index (χ0n) is 16.3. The Morgan fingerprint density at radius 1 is 1.07 bits per heavy atom. The molecule has 3 N–H and O–H groups in total. The average molecular weight is 414 g/mol. The lowest BCUT2D eigenvalue weighted by Crippen LogP contribution is -2.38. The van der Waals surface area contributed by atoms with Crippen molar-refractivity contribution in [2.75, 3.05) is 11.9 Å². The SMILES string of the molecule is Cc1ccc(-n2nc(C)cc2NC(=O)C(=O)NC[C@H](O)c2c(F)cccc2F)cc1. The molecule has 1 atom stereocenters. The Balaban J connectivity index is 1.67. The van der Waals surface area contributed by atoms with Crippen LogP contribution in [0.2, 0.25) is 0 Å². The molecule has 0 radical (unpaired) electrons. The van der Waals surface area contributed by atoms with Crippen LogP contribution in [0.1, 0.15) is 22.9 Å². The molecule has 2 aromatic carbocycles. The van der Waals surface area contributed by atoms with Crippen molar-refractivity contribution in [2.24, 2.45) is 0 Å². The molecule has 0 aliphatic carbocycles. The number of amides is 2. The topological polar surface area (TPSA) is 96.2 Å². The van der Waals surface area contributed by atoms with Crippen molar-refractivity contribution in [3.8, 4) is 5.69 Å². The zero-order valence-corrected chi connectivity index (χ0v) is 16.3. The highest BCUT2D eigenvalue weighted by Crippen LogP contribution is 2.20. The first kappa shape index (κ1) is 21.1. The van der Waals surface area contributed by atoms with Crippen molar-refractivity contribution in [3.05, 3.63) is 77.0 Å². The number of nitrogens with one attached hydrogen (secondary N) is 2. The second kappa shape index (κ2) is 8.83. The van der Waals surface area contributed by atoms with Gasteiger partial charge in [-0.05, 0) is 38.1 Å². The maximum absolute atomic E-state index is 13.7. The Morgan fingerprint density at radius 2 is 1.70 bits per heavy atom. The van der Waals surface area contributed by atoms with Gasteiger partial charge in [0.15, 0.2) is 0 Å². The van der Waals surface area contributed by atoms with E-state index >= 15 is 0 Å². The van der Waals surface area contributed by atoms with E-state index in [1.54, 1.807) is 13.0 Å². The van der Waals surface area contributed by atoms with Gasteiger partial charge in [0.05, 0.1) is 16.9 Å². The maximum atomic E-state index is 13.7. The fraction of sp³-hybridized carbons (Fsp3) is 0.190. The summed E-state index contributed by atoms with van der Waals surface area (Å²) in [6, 6.07) is 12.1. The van der Waals surface area contributed by atoms with Crippen molar-refractivity contribution in [3.63, 3.8) is 0 Å². The molecule has 1 heterocycles. The summed E-state index contributed by atoms with van der Waals surface area (Å²) in [4.78, 5) is 24.3. The molecule has 3 rings (SSSR count). The number of aryl methyl sites for hydroxylation is 2. The van der Waals surface area contributed by atoms with E-state index in [0.29, 0.717) is 11.4 Å². The van der Waals surface area contributed by atoms with Crippen LogP contribution in [-0.4, -0.2) is 33.2 Å². The van der Waals surface area contributed by atoms with Crippen molar-refractivity contribution in [2.45, 2.75) is 20.0 Å². The van der Waals surface area contributed by atoms with Crippen LogP contribution in [0.4, 0.5) is 14.6 Å². The monoisotopic (exact) mass is 414 g/mol. The number of rotatable bonds is 5. The van der Waals surface area contributed by atoms with Gasteiger partial charge in [-0.15, -0.1) is 0 Å². The van der Waals surface area contributed by atoms with Crippen LogP contribution >= 0.6 is 0 Å². The lowest BCUT2D eigenvalue weighted by atomic mass is 10.1. The normalized spacial score (nSPS) is 11.8. The van der Waals surface area contributed by atoms with Crippen molar-refractivity contribution < 1.29 is 23.5 Å². The van der Waals surface area contributed by atoms with E-state index in [9.17, 15) is 23.5 Å². The minimum Gasteiger partial charge on any atom is -0.386 e. The molecule has 2 amide bonds. The second-order valence-electron chi connectivity index (χ2n) is 6.73. The Hall–Kier alpha value is -3.59. The molecule has 0 spiro atoms. The predicted molar refractivity (Wildman–Crippen MR) is 106 cm³/mol. The van der Waals surface area contributed by atoms with Gasteiger partial charge in [0.25, 0.3) is 0 Å². The van der Waals surface area contributed by atoms with Crippen LogP contribution < -0.4 is 10.6 Å². The van der Waals surface area contributed by atoms with Crippen LogP contribution in [0.3, 0.4) is 0 Å². The fourth-order valence-corrected chi connectivity index (χ4v) is 2.85. The quantitative estimate of drug-likeness (QED) is 0.559. The summed E-state index contributed by atoms with van der Waals surface area (Å²) < 4.78 is 28.9. The first-order chi connectivity index (χ1) is 14.3. The molecule has 0 bridgehead atoms. The Morgan fingerprint density at radius 3 is 2.33 bits per heavy atom. The van der Waals surface area contributed by atoms with Crippen LogP contribution in [0.5, 0.6) is 0 Å². The van der Waals surface area contributed by atoms with E-state index < -0.39 is 41.7 Å². The molecular weight excluding hydrogens is 394 g/mol. The standard InChI is InChI=1S/C21H20F2N4O3/c1-12-6-8-14(9-7-12)27-18(10-13(2)26-27)25-21(30)20(29)24-11-17(28)19-15(22)4-3-5-16(19)23/h3-10,17,28H,11H2,1-2H3,(H,24,29)(H,25,30)/t17-/m0/s1. The number of benzene rings is 2. The minimum atomic E-state index is -1.65. The van der Waals surface area contributed by atoms with Crippen molar-refractivity contribution >= 4 is 17.6 Å². The summed E-state index contributed by atoms with van der Waals surface area (Å²) in [5.74, 6) is -3.70. The molecule has 0 aliphatic heterocycles. The number of carbonyl (C=O) groups is 2. The van der Waals surface area contributed by atoms with Crippen LogP contribution in [0, 0.1) is 25.5 Å². The lowest BCUT2D eigenvalue weighted by molar-refractivity contribution is -0.136. The highest BCUT2D eigenvalue weighted by atomic mass is 19.1. The fourth-order valence-electron chi connectivity index (χ4n) is 2.85. The van der Waals surface area contributed by atoms with E-state index in [2.05, 4.69) is 15.7 Å². The molecule has 0 saturated carbocycles. The number of aromatic nitrogens is 2. The maximum Gasteiger partial charge on any atom is 0.314 e. The van der Waals surface area contributed by atoms with E-state index in [4.69, 9.17) is 0 Å². The van der Waals surface area contributed by atoms with Gasteiger partial charge in [0.1, 0.15) is 23.6 Å². The molecule has 156 valence electrons. The first-order valence-corrected chi connectivity index (χ1v) is 9.11. The highest BCUT2D eigenvalue weighted by molar-refractivity contribution is 6.39. The largest absolute Gasteiger partial charge is 0.386 e. The molecule has 0 saturated heterocycles. The molecule has 0 aliphatic rings. The number of aliphatic hydroxyl groups excluding tert-OH is 1. The molecule has 0 unspecified atom stereocenters. The Labute approximate surface area is 171 Å². The highest BCUT2D eigenvalue weighted by Gasteiger charge is 2.21. The van der Waals surface area contributed by atoms with Crippen LogP contribution in [0.25, 0.3) is 5.69 Å². The number of hydrogen-bond acceptors (Lipinski definition) is 4. The zero-order chi connectivity index (χ0) is 21.8. The Kier molecular flexibility index (Phi) is 6.22. The summed E-state index contributed by atoms with van der Waals surface area (Å²) >= 11 is 0. The summed E-state index contributed by atoms with van der Waals surface area (Å²) in [7, 11) is 0. The molecule has 1 aromatic heterocycles. The third-order valence-corrected chi connectivity index (χ3v) is 4.35. The smallest absolute Gasteiger partial charge is 0.314 e. The predicted octanol–water partition coefficient (Wildman–Crippen LogP) is 2.56. The number of aliphatic hydroxyl groups is 1. The summed E-state index contributed by atoms with van der Waals surface area (Å²) in [5, 5.41) is 18.9. The number of nitrogens with zero attached hydrogens (tertiary/aromatic N) is 2. The molecule has 30 heavy (non-hydrogen) atoms. The van der Waals surface area contributed by atoms with Gasteiger partial charge in [-0.3, -0.25) is 9.59 Å². The van der Waals surface area contributed by atoms with Crippen molar-refractivity contribution in [1.82, 2.24) is 15.1 Å². The molecule has 7 nitrogen and oxygen atoms in total. The average Bonchev–Trinajstić information content (AvgIpc) is 3.06. The molecule has 9 heteroatoms. The molecular formula is C21H20F2N4O3. The summed E-state index contributed by atoms with van der Waals surface area (Å²) in [6.45, 7) is 3.13. The number of carbonyl (C=O) groups excluding carboxylic acids is 2. The van der Waals surface area contributed by atoms with Gasteiger partial charge in [-0.2, -0.15) is 5.10 Å². The van der Waals surface area contributed by atoms with Crippen LogP contribution in [0.15, 0.2) is 48.5 Å². The third-order valence-electron chi connectivity index (χ3n) is 4.35. The molecule has 3 aromatic rings. The lowest BCUT2D eigenvalue weighted by Gasteiger charge is -2.14.